The third-order valence-corrected chi connectivity index (χ3v) is 4.71. The lowest BCUT2D eigenvalue weighted by molar-refractivity contribution is 0.599. The molecule has 1 aromatic heterocycles. The smallest absolute Gasteiger partial charge is 0.261 e. The first kappa shape index (κ1) is 14.5. The van der Waals surface area contributed by atoms with Crippen LogP contribution in [0.2, 0.25) is 0 Å². The summed E-state index contributed by atoms with van der Waals surface area (Å²) in [5.74, 6) is -0.479. The number of nitrogens with zero attached hydrogens (tertiary/aromatic N) is 2. The number of rotatable bonds is 4. The van der Waals surface area contributed by atoms with Gasteiger partial charge in [-0.05, 0) is 49.4 Å². The van der Waals surface area contributed by atoms with Gasteiger partial charge in [0.1, 0.15) is 5.82 Å². The fourth-order valence-corrected chi connectivity index (χ4v) is 3.28. The summed E-state index contributed by atoms with van der Waals surface area (Å²) < 4.78 is 41.7. The highest BCUT2D eigenvalue weighted by atomic mass is 32.2. The Morgan fingerprint density at radius 1 is 1.18 bits per heavy atom. The van der Waals surface area contributed by atoms with Crippen LogP contribution >= 0.6 is 0 Å². The Balaban J connectivity index is 1.93. The lowest BCUT2D eigenvalue weighted by Crippen LogP contribution is -2.12. The first-order chi connectivity index (χ1) is 10.5. The molecule has 1 N–H and O–H groups in total. The summed E-state index contributed by atoms with van der Waals surface area (Å²) in [6.07, 6.45) is 1.69. The zero-order valence-corrected chi connectivity index (χ0v) is 12.6. The van der Waals surface area contributed by atoms with E-state index in [0.29, 0.717) is 5.69 Å². The van der Waals surface area contributed by atoms with Crippen molar-refractivity contribution < 1.29 is 12.8 Å². The average Bonchev–Trinajstić information content (AvgIpc) is 2.89. The highest BCUT2D eigenvalue weighted by Crippen LogP contribution is 2.22. The van der Waals surface area contributed by atoms with Gasteiger partial charge in [0.05, 0.1) is 16.6 Å². The van der Waals surface area contributed by atoms with E-state index < -0.39 is 15.8 Å². The van der Waals surface area contributed by atoms with Crippen molar-refractivity contribution >= 4 is 26.6 Å². The van der Waals surface area contributed by atoms with Gasteiger partial charge >= 0.3 is 0 Å². The van der Waals surface area contributed by atoms with Crippen molar-refractivity contribution in [3.8, 4) is 0 Å². The number of hydrogen-bond acceptors (Lipinski definition) is 3. The standard InChI is InChI=1S/C15H14FN3O2S/c1-2-19-15-8-5-13(9-11(15)10-17-19)18-22(20,21)14-6-3-12(16)4-7-14/h3-10,18H,2H2,1H3. The number of benzene rings is 2. The quantitative estimate of drug-likeness (QED) is 0.804. The minimum Gasteiger partial charge on any atom is -0.280 e. The highest BCUT2D eigenvalue weighted by molar-refractivity contribution is 7.92. The SMILES string of the molecule is CCn1ncc2cc(NS(=O)(=O)c3ccc(F)cc3)ccc21. The van der Waals surface area contributed by atoms with Gasteiger partial charge in [-0.25, -0.2) is 12.8 Å². The van der Waals surface area contributed by atoms with Crippen LogP contribution in [0.15, 0.2) is 53.6 Å². The van der Waals surface area contributed by atoms with E-state index in [4.69, 9.17) is 0 Å². The minimum atomic E-state index is -3.74. The molecule has 5 nitrogen and oxygen atoms in total. The van der Waals surface area contributed by atoms with Crippen LogP contribution in [-0.2, 0) is 16.6 Å². The van der Waals surface area contributed by atoms with Crippen LogP contribution in [0.25, 0.3) is 10.9 Å². The Hall–Kier alpha value is -2.41. The van der Waals surface area contributed by atoms with Crippen LogP contribution in [-0.4, -0.2) is 18.2 Å². The Morgan fingerprint density at radius 3 is 2.59 bits per heavy atom. The summed E-state index contributed by atoms with van der Waals surface area (Å²) >= 11 is 0. The normalized spacial score (nSPS) is 11.7. The highest BCUT2D eigenvalue weighted by Gasteiger charge is 2.14. The van der Waals surface area contributed by atoms with Crippen molar-refractivity contribution in [3.05, 3.63) is 54.5 Å². The molecule has 2 aromatic carbocycles. The van der Waals surface area contributed by atoms with E-state index in [1.807, 2.05) is 17.7 Å². The number of aromatic nitrogens is 2. The Labute approximate surface area is 127 Å². The lowest BCUT2D eigenvalue weighted by atomic mass is 10.2. The molecule has 22 heavy (non-hydrogen) atoms. The maximum Gasteiger partial charge on any atom is 0.261 e. The van der Waals surface area contributed by atoms with Gasteiger partial charge in [0.2, 0.25) is 0 Å². The molecule has 0 saturated heterocycles. The van der Waals surface area contributed by atoms with Gasteiger partial charge in [0.15, 0.2) is 0 Å². The number of hydrogen-bond donors (Lipinski definition) is 1. The lowest BCUT2D eigenvalue weighted by Gasteiger charge is -2.08. The van der Waals surface area contributed by atoms with E-state index >= 15 is 0 Å². The molecule has 3 rings (SSSR count). The molecular formula is C15H14FN3O2S. The van der Waals surface area contributed by atoms with Crippen LogP contribution in [0.3, 0.4) is 0 Å². The zero-order chi connectivity index (χ0) is 15.7. The van der Waals surface area contributed by atoms with E-state index in [9.17, 15) is 12.8 Å². The third kappa shape index (κ3) is 2.67. The van der Waals surface area contributed by atoms with E-state index in [1.165, 1.54) is 12.1 Å². The molecule has 7 heteroatoms. The summed E-state index contributed by atoms with van der Waals surface area (Å²) in [5.41, 5.74) is 1.37. The molecular weight excluding hydrogens is 305 g/mol. The molecule has 0 atom stereocenters. The second-order valence-electron chi connectivity index (χ2n) is 4.79. The fourth-order valence-electron chi connectivity index (χ4n) is 2.23. The molecule has 0 saturated carbocycles. The van der Waals surface area contributed by atoms with Gasteiger partial charge in [-0.3, -0.25) is 9.40 Å². The number of fused-ring (bicyclic) bond motifs is 1. The second-order valence-corrected chi connectivity index (χ2v) is 6.48. The molecule has 114 valence electrons. The summed E-state index contributed by atoms with van der Waals surface area (Å²) in [4.78, 5) is 0.0123. The van der Waals surface area contributed by atoms with Crippen molar-refractivity contribution in [1.82, 2.24) is 9.78 Å². The predicted molar refractivity (Wildman–Crippen MR) is 82.6 cm³/mol. The summed E-state index contributed by atoms with van der Waals surface area (Å²) in [7, 11) is -3.74. The zero-order valence-electron chi connectivity index (χ0n) is 11.8. The number of sulfonamides is 1. The van der Waals surface area contributed by atoms with E-state index in [0.717, 1.165) is 29.6 Å². The molecule has 3 aromatic rings. The molecule has 0 radical (unpaired) electrons. The fraction of sp³-hybridized carbons (Fsp3) is 0.133. The first-order valence-electron chi connectivity index (χ1n) is 6.73. The number of nitrogens with one attached hydrogen (secondary N) is 1. The van der Waals surface area contributed by atoms with Crippen LogP contribution < -0.4 is 4.72 Å². The van der Waals surface area contributed by atoms with E-state index in [-0.39, 0.29) is 4.90 Å². The van der Waals surface area contributed by atoms with Crippen LogP contribution in [0.5, 0.6) is 0 Å². The molecule has 0 aliphatic rings. The number of anilines is 1. The maximum atomic E-state index is 12.9. The van der Waals surface area contributed by atoms with Gasteiger partial charge in [-0.1, -0.05) is 0 Å². The summed E-state index contributed by atoms with van der Waals surface area (Å²) in [6, 6.07) is 9.89. The number of aryl methyl sites for hydroxylation is 1. The largest absolute Gasteiger partial charge is 0.280 e. The first-order valence-corrected chi connectivity index (χ1v) is 8.22. The maximum absolute atomic E-state index is 12.9. The van der Waals surface area contributed by atoms with Crippen molar-refractivity contribution in [3.63, 3.8) is 0 Å². The van der Waals surface area contributed by atoms with Crippen molar-refractivity contribution in [2.45, 2.75) is 18.4 Å². The molecule has 0 amide bonds. The summed E-state index contributed by atoms with van der Waals surface area (Å²) in [6.45, 7) is 2.72. The van der Waals surface area contributed by atoms with Crippen molar-refractivity contribution in [1.29, 1.82) is 0 Å². The molecule has 0 spiro atoms. The van der Waals surface area contributed by atoms with Crippen LogP contribution in [0.4, 0.5) is 10.1 Å². The Morgan fingerprint density at radius 2 is 1.91 bits per heavy atom. The van der Waals surface area contributed by atoms with Gasteiger partial charge in [-0.15, -0.1) is 0 Å². The van der Waals surface area contributed by atoms with Crippen molar-refractivity contribution in [2.75, 3.05) is 4.72 Å². The molecule has 1 heterocycles. The molecule has 0 fully saturated rings. The molecule has 0 aliphatic carbocycles. The molecule has 0 aliphatic heterocycles. The van der Waals surface area contributed by atoms with Gasteiger partial charge < -0.3 is 0 Å². The Bertz CT molecular complexity index is 918. The van der Waals surface area contributed by atoms with E-state index in [2.05, 4.69) is 9.82 Å². The van der Waals surface area contributed by atoms with Gasteiger partial charge in [0, 0.05) is 17.6 Å². The van der Waals surface area contributed by atoms with E-state index in [1.54, 1.807) is 18.3 Å². The minimum absolute atomic E-state index is 0.0123. The topological polar surface area (TPSA) is 64.0 Å². The predicted octanol–water partition coefficient (Wildman–Crippen LogP) is 3.00. The van der Waals surface area contributed by atoms with Crippen molar-refractivity contribution in [2.24, 2.45) is 0 Å². The van der Waals surface area contributed by atoms with Gasteiger partial charge in [-0.2, -0.15) is 5.10 Å². The third-order valence-electron chi connectivity index (χ3n) is 3.32. The average molecular weight is 319 g/mol. The summed E-state index contributed by atoms with van der Waals surface area (Å²) in [5, 5.41) is 5.07. The monoisotopic (exact) mass is 319 g/mol. The van der Waals surface area contributed by atoms with Crippen LogP contribution in [0.1, 0.15) is 6.92 Å². The Kier molecular flexibility index (Phi) is 3.58. The number of halogens is 1. The molecule has 0 bridgehead atoms. The molecule has 0 unspecified atom stereocenters. The van der Waals surface area contributed by atoms with Gasteiger partial charge in [0.25, 0.3) is 10.0 Å². The second kappa shape index (κ2) is 5.42. The van der Waals surface area contributed by atoms with Crippen LogP contribution in [0, 0.1) is 5.82 Å².